The first-order chi connectivity index (χ1) is 14.8. The van der Waals surface area contributed by atoms with Crippen LogP contribution >= 0.6 is 0 Å². The number of likely N-dealkylation sites (tertiary alicyclic amines) is 1. The van der Waals surface area contributed by atoms with Gasteiger partial charge >= 0.3 is 0 Å². The number of fused-ring (bicyclic) bond motifs is 1. The topological polar surface area (TPSA) is 105 Å². The monoisotopic (exact) mass is 431 g/mol. The summed E-state index contributed by atoms with van der Waals surface area (Å²) in [6, 6.07) is 4.42. The molecule has 1 fully saturated rings. The highest BCUT2D eigenvalue weighted by atomic mass is 16.5. The van der Waals surface area contributed by atoms with Gasteiger partial charge in [-0.25, -0.2) is 0 Å². The predicted molar refractivity (Wildman–Crippen MR) is 112 cm³/mol. The normalized spacial score (nSPS) is 16.8. The summed E-state index contributed by atoms with van der Waals surface area (Å²) in [4.78, 5) is 52.8. The molecule has 0 radical (unpaired) electrons. The zero-order chi connectivity index (χ0) is 22.5. The second kappa shape index (κ2) is 10.0. The van der Waals surface area contributed by atoms with Crippen LogP contribution in [0.4, 0.5) is 0 Å². The average Bonchev–Trinajstić information content (AvgIpc) is 3.01. The molecule has 1 N–H and O–H groups in total. The molecule has 0 atom stereocenters. The third-order valence-electron chi connectivity index (χ3n) is 5.49. The largest absolute Gasteiger partial charge is 0.382 e. The summed E-state index contributed by atoms with van der Waals surface area (Å²) in [7, 11) is 1.57. The molecule has 0 bridgehead atoms. The van der Waals surface area contributed by atoms with Crippen molar-refractivity contribution in [1.82, 2.24) is 15.1 Å². The van der Waals surface area contributed by atoms with E-state index in [2.05, 4.69) is 5.32 Å². The van der Waals surface area contributed by atoms with E-state index in [4.69, 9.17) is 9.47 Å². The number of hydrogen-bond donors (Lipinski definition) is 1. The van der Waals surface area contributed by atoms with Crippen LogP contribution in [0.5, 0.6) is 0 Å². The van der Waals surface area contributed by atoms with Gasteiger partial charge in [0.2, 0.25) is 5.91 Å². The van der Waals surface area contributed by atoms with Crippen LogP contribution in [-0.2, 0) is 14.3 Å². The van der Waals surface area contributed by atoms with Crippen LogP contribution in [-0.4, -0.2) is 85.5 Å². The van der Waals surface area contributed by atoms with E-state index in [0.29, 0.717) is 50.3 Å². The van der Waals surface area contributed by atoms with Gasteiger partial charge in [-0.1, -0.05) is 0 Å². The zero-order valence-electron chi connectivity index (χ0n) is 18.2. The van der Waals surface area contributed by atoms with E-state index < -0.39 is 0 Å². The number of rotatable bonds is 8. The number of carbonyl (C=O) groups excluding carboxylic acids is 4. The molecular formula is C22H29N3O6. The third-order valence-corrected chi connectivity index (χ3v) is 5.49. The van der Waals surface area contributed by atoms with Crippen LogP contribution < -0.4 is 5.32 Å². The van der Waals surface area contributed by atoms with Crippen molar-refractivity contribution in [2.24, 2.45) is 0 Å². The molecule has 4 amide bonds. The van der Waals surface area contributed by atoms with Gasteiger partial charge in [-0.15, -0.1) is 0 Å². The van der Waals surface area contributed by atoms with Crippen LogP contribution in [0, 0.1) is 0 Å². The van der Waals surface area contributed by atoms with Crippen molar-refractivity contribution >= 4 is 23.6 Å². The molecule has 1 aromatic rings. The molecule has 0 saturated carbocycles. The van der Waals surface area contributed by atoms with E-state index >= 15 is 0 Å². The van der Waals surface area contributed by atoms with Gasteiger partial charge in [-0.3, -0.25) is 24.1 Å². The molecule has 2 heterocycles. The second-order valence-corrected chi connectivity index (χ2v) is 8.01. The van der Waals surface area contributed by atoms with Crippen molar-refractivity contribution in [2.75, 3.05) is 40.0 Å². The lowest BCUT2D eigenvalue weighted by Gasteiger charge is -2.32. The molecule has 168 valence electrons. The van der Waals surface area contributed by atoms with E-state index in [1.54, 1.807) is 38.0 Å². The highest BCUT2D eigenvalue weighted by Gasteiger charge is 2.37. The highest BCUT2D eigenvalue weighted by Crippen LogP contribution is 2.26. The Bertz CT molecular complexity index is 861. The van der Waals surface area contributed by atoms with Crippen molar-refractivity contribution in [3.63, 3.8) is 0 Å². The smallest absolute Gasteiger partial charge is 0.261 e. The molecule has 1 aromatic carbocycles. The van der Waals surface area contributed by atoms with Gasteiger partial charge in [0.25, 0.3) is 17.7 Å². The molecule has 0 aliphatic carbocycles. The fourth-order valence-corrected chi connectivity index (χ4v) is 3.85. The Morgan fingerprint density at radius 3 is 2.42 bits per heavy atom. The molecule has 0 unspecified atom stereocenters. The zero-order valence-corrected chi connectivity index (χ0v) is 18.2. The first kappa shape index (κ1) is 22.9. The van der Waals surface area contributed by atoms with Crippen LogP contribution in [0.1, 0.15) is 57.8 Å². The minimum Gasteiger partial charge on any atom is -0.382 e. The number of imide groups is 1. The first-order valence-electron chi connectivity index (χ1n) is 10.5. The van der Waals surface area contributed by atoms with Crippen LogP contribution in [0.15, 0.2) is 18.2 Å². The van der Waals surface area contributed by atoms with E-state index in [9.17, 15) is 19.2 Å². The molecule has 0 aromatic heterocycles. The number of carbonyl (C=O) groups is 4. The lowest BCUT2D eigenvalue weighted by atomic mass is 10.0. The van der Waals surface area contributed by atoms with Crippen molar-refractivity contribution in [3.8, 4) is 0 Å². The third kappa shape index (κ3) is 5.11. The first-order valence-corrected chi connectivity index (χ1v) is 10.5. The predicted octanol–water partition coefficient (Wildman–Crippen LogP) is 1.07. The molecule has 9 nitrogen and oxygen atoms in total. The lowest BCUT2D eigenvalue weighted by molar-refractivity contribution is -0.127. The SMILES string of the molecule is COCCOCC(=O)NC1CCN(C(=O)c2ccc3c(c2)C(=O)N(C(C)C)C3=O)CC1. The summed E-state index contributed by atoms with van der Waals surface area (Å²) < 4.78 is 10.1. The van der Waals surface area contributed by atoms with Gasteiger partial charge in [0.1, 0.15) is 6.61 Å². The maximum atomic E-state index is 12.9. The Morgan fingerprint density at radius 1 is 1.10 bits per heavy atom. The molecule has 0 spiro atoms. The highest BCUT2D eigenvalue weighted by molar-refractivity contribution is 6.22. The minimum atomic E-state index is -0.362. The van der Waals surface area contributed by atoms with E-state index in [-0.39, 0.29) is 47.9 Å². The molecule has 31 heavy (non-hydrogen) atoms. The molecule has 3 rings (SSSR count). The number of ether oxygens (including phenoxy) is 2. The molecule has 9 heteroatoms. The molecule has 1 saturated heterocycles. The van der Waals surface area contributed by atoms with Gasteiger partial charge in [0.15, 0.2) is 0 Å². The Kier molecular flexibility index (Phi) is 7.40. The molecule has 2 aliphatic heterocycles. The maximum absolute atomic E-state index is 12.9. The van der Waals surface area contributed by atoms with Crippen LogP contribution in [0.3, 0.4) is 0 Å². The summed E-state index contributed by atoms with van der Waals surface area (Å²) in [6.07, 6.45) is 1.28. The summed E-state index contributed by atoms with van der Waals surface area (Å²) >= 11 is 0. The van der Waals surface area contributed by atoms with Crippen molar-refractivity contribution in [2.45, 2.75) is 38.8 Å². The number of benzene rings is 1. The fourth-order valence-electron chi connectivity index (χ4n) is 3.85. The van der Waals surface area contributed by atoms with Crippen molar-refractivity contribution in [3.05, 3.63) is 34.9 Å². The second-order valence-electron chi connectivity index (χ2n) is 8.01. The van der Waals surface area contributed by atoms with Crippen LogP contribution in [0.2, 0.25) is 0 Å². The summed E-state index contributed by atoms with van der Waals surface area (Å²) in [5.41, 5.74) is 1.00. The van der Waals surface area contributed by atoms with E-state index in [1.807, 2.05) is 0 Å². The average molecular weight is 431 g/mol. The quantitative estimate of drug-likeness (QED) is 0.488. The molecule has 2 aliphatic rings. The lowest BCUT2D eigenvalue weighted by Crippen LogP contribution is -2.47. The maximum Gasteiger partial charge on any atom is 0.261 e. The van der Waals surface area contributed by atoms with Gasteiger partial charge in [0, 0.05) is 37.8 Å². The number of nitrogens with zero attached hydrogens (tertiary/aromatic N) is 2. The number of hydrogen-bond acceptors (Lipinski definition) is 6. The number of amides is 4. The van der Waals surface area contributed by atoms with Gasteiger partial charge < -0.3 is 19.7 Å². The Balaban J connectivity index is 1.55. The number of piperidine rings is 1. The Hall–Kier alpha value is -2.78. The molecular weight excluding hydrogens is 402 g/mol. The fraction of sp³-hybridized carbons (Fsp3) is 0.545. The van der Waals surface area contributed by atoms with Gasteiger partial charge in [-0.2, -0.15) is 0 Å². The van der Waals surface area contributed by atoms with E-state index in [1.165, 1.54) is 11.0 Å². The van der Waals surface area contributed by atoms with Gasteiger partial charge in [0.05, 0.1) is 24.3 Å². The summed E-state index contributed by atoms with van der Waals surface area (Å²) in [5.74, 6) is -1.05. The Morgan fingerprint density at radius 2 is 1.77 bits per heavy atom. The van der Waals surface area contributed by atoms with Gasteiger partial charge in [-0.05, 0) is 44.9 Å². The summed E-state index contributed by atoms with van der Waals surface area (Å²) in [5, 5.41) is 2.92. The van der Waals surface area contributed by atoms with Crippen molar-refractivity contribution in [1.29, 1.82) is 0 Å². The Labute approximate surface area is 181 Å². The number of methoxy groups -OCH3 is 1. The summed E-state index contributed by atoms with van der Waals surface area (Å²) in [6.45, 7) is 5.34. The van der Waals surface area contributed by atoms with Crippen LogP contribution in [0.25, 0.3) is 0 Å². The number of nitrogens with one attached hydrogen (secondary N) is 1. The standard InChI is InChI=1S/C22H29N3O6/c1-14(2)25-21(28)17-5-4-15(12-18(17)22(25)29)20(27)24-8-6-16(7-9-24)23-19(26)13-31-11-10-30-3/h4-5,12,14,16H,6-11,13H2,1-3H3,(H,23,26). The van der Waals surface area contributed by atoms with E-state index in [0.717, 1.165) is 0 Å². The van der Waals surface area contributed by atoms with Crippen molar-refractivity contribution < 1.29 is 28.7 Å². The minimum absolute atomic E-state index is 0.0126.